The molecule has 0 fully saturated rings. The van der Waals surface area contributed by atoms with Crippen LogP contribution in [0.2, 0.25) is 0 Å². The molecule has 1 atom stereocenters. The molecule has 2 heteroatoms. The molecule has 1 aromatic rings. The largest absolute Gasteiger partial charge is 0.508 e. The van der Waals surface area contributed by atoms with Crippen LogP contribution in [-0.4, -0.2) is 11.7 Å². The first kappa shape index (κ1) is 9.53. The van der Waals surface area contributed by atoms with Crippen LogP contribution in [0.3, 0.4) is 0 Å². The molecule has 1 aliphatic rings. The van der Waals surface area contributed by atoms with Gasteiger partial charge in [-0.05, 0) is 48.4 Å². The lowest BCUT2D eigenvalue weighted by Gasteiger charge is -2.33. The van der Waals surface area contributed by atoms with Gasteiger partial charge in [0, 0.05) is 0 Å². The van der Waals surface area contributed by atoms with Crippen molar-refractivity contribution in [3.63, 3.8) is 0 Å². The van der Waals surface area contributed by atoms with Gasteiger partial charge in [-0.25, -0.2) is 0 Å². The summed E-state index contributed by atoms with van der Waals surface area (Å²) in [6, 6.07) is 5.78. The highest BCUT2D eigenvalue weighted by molar-refractivity contribution is 5.41. The minimum atomic E-state index is 0.223. The molecule has 0 heterocycles. The minimum Gasteiger partial charge on any atom is -0.508 e. The molecule has 2 nitrogen and oxygen atoms in total. The molecule has 1 unspecified atom stereocenters. The lowest BCUT2D eigenvalue weighted by Crippen LogP contribution is -2.33. The quantitative estimate of drug-likeness (QED) is 0.711. The van der Waals surface area contributed by atoms with Crippen LogP contribution >= 0.6 is 0 Å². The van der Waals surface area contributed by atoms with E-state index in [2.05, 4.69) is 13.0 Å². The first-order chi connectivity index (χ1) is 6.64. The summed E-state index contributed by atoms with van der Waals surface area (Å²) in [6.45, 7) is 2.95. The van der Waals surface area contributed by atoms with Gasteiger partial charge in [0.05, 0.1) is 0 Å². The summed E-state index contributed by atoms with van der Waals surface area (Å²) >= 11 is 0. The van der Waals surface area contributed by atoms with E-state index >= 15 is 0 Å². The average molecular weight is 191 g/mol. The van der Waals surface area contributed by atoms with Gasteiger partial charge in [-0.2, -0.15) is 0 Å². The fraction of sp³-hybridized carbons (Fsp3) is 0.500. The highest BCUT2D eigenvalue weighted by atomic mass is 16.3. The van der Waals surface area contributed by atoms with Gasteiger partial charge in [0.2, 0.25) is 0 Å². The van der Waals surface area contributed by atoms with Gasteiger partial charge < -0.3 is 10.8 Å². The fourth-order valence-corrected chi connectivity index (χ4v) is 2.22. The van der Waals surface area contributed by atoms with Gasteiger partial charge in [0.1, 0.15) is 5.75 Å². The van der Waals surface area contributed by atoms with Crippen LogP contribution in [0.1, 0.15) is 24.5 Å². The summed E-state index contributed by atoms with van der Waals surface area (Å²) in [7, 11) is 0. The van der Waals surface area contributed by atoms with Crippen LogP contribution in [0.5, 0.6) is 5.75 Å². The Kier molecular flexibility index (Phi) is 2.23. The third-order valence-electron chi connectivity index (χ3n) is 3.34. The summed E-state index contributed by atoms with van der Waals surface area (Å²) in [6.07, 6.45) is 3.02. The van der Waals surface area contributed by atoms with Gasteiger partial charge in [-0.3, -0.25) is 0 Å². The number of fused-ring (bicyclic) bond motifs is 1. The van der Waals surface area contributed by atoms with E-state index in [4.69, 9.17) is 5.73 Å². The smallest absolute Gasteiger partial charge is 0.119 e. The van der Waals surface area contributed by atoms with Gasteiger partial charge in [0.15, 0.2) is 0 Å². The molecular formula is C12H17NO. The molecular weight excluding hydrogens is 174 g/mol. The van der Waals surface area contributed by atoms with E-state index in [1.54, 1.807) is 6.07 Å². The van der Waals surface area contributed by atoms with Crippen molar-refractivity contribution in [3.05, 3.63) is 29.3 Å². The van der Waals surface area contributed by atoms with Crippen LogP contribution < -0.4 is 5.73 Å². The third-order valence-corrected chi connectivity index (χ3v) is 3.34. The standard InChI is InChI=1S/C12H17NO/c1-12(8-13)6-5-10-9(7-12)3-2-4-11(10)14/h2-4,14H,5-8,13H2,1H3. The molecule has 1 aromatic carbocycles. The van der Waals surface area contributed by atoms with Gasteiger partial charge in [0.25, 0.3) is 0 Å². The zero-order valence-electron chi connectivity index (χ0n) is 8.59. The number of hydrogen-bond acceptors (Lipinski definition) is 2. The van der Waals surface area contributed by atoms with Crippen molar-refractivity contribution in [2.24, 2.45) is 11.1 Å². The van der Waals surface area contributed by atoms with Crippen LogP contribution in [0.25, 0.3) is 0 Å². The molecule has 0 aliphatic heterocycles. The molecule has 0 amide bonds. The number of aromatic hydroxyl groups is 1. The Morgan fingerprint density at radius 3 is 3.00 bits per heavy atom. The van der Waals surface area contributed by atoms with E-state index in [1.807, 2.05) is 6.07 Å². The number of phenolic OH excluding ortho intramolecular Hbond substituents is 1. The first-order valence-corrected chi connectivity index (χ1v) is 5.14. The monoisotopic (exact) mass is 191 g/mol. The normalized spacial score (nSPS) is 25.9. The zero-order valence-corrected chi connectivity index (χ0v) is 8.59. The molecule has 1 aliphatic carbocycles. The molecule has 0 aromatic heterocycles. The van der Waals surface area contributed by atoms with Crippen molar-refractivity contribution in [3.8, 4) is 5.75 Å². The summed E-state index contributed by atoms with van der Waals surface area (Å²) in [5, 5.41) is 9.67. The highest BCUT2D eigenvalue weighted by Crippen LogP contribution is 2.37. The Hall–Kier alpha value is -1.02. The third kappa shape index (κ3) is 1.50. The van der Waals surface area contributed by atoms with Crippen molar-refractivity contribution in [2.45, 2.75) is 26.2 Å². The highest BCUT2D eigenvalue weighted by Gasteiger charge is 2.29. The topological polar surface area (TPSA) is 46.2 Å². The lowest BCUT2D eigenvalue weighted by molar-refractivity contribution is 0.287. The maximum absolute atomic E-state index is 9.67. The fourth-order valence-electron chi connectivity index (χ4n) is 2.22. The van der Waals surface area contributed by atoms with Crippen LogP contribution in [-0.2, 0) is 12.8 Å². The SMILES string of the molecule is CC1(CN)CCc2c(O)cccc2C1. The van der Waals surface area contributed by atoms with E-state index in [1.165, 1.54) is 5.56 Å². The molecule has 14 heavy (non-hydrogen) atoms. The number of nitrogens with two attached hydrogens (primary N) is 1. The van der Waals surface area contributed by atoms with Crippen molar-refractivity contribution in [2.75, 3.05) is 6.54 Å². The maximum atomic E-state index is 9.67. The van der Waals surface area contributed by atoms with Crippen LogP contribution in [0.15, 0.2) is 18.2 Å². The van der Waals surface area contributed by atoms with Crippen molar-refractivity contribution < 1.29 is 5.11 Å². The van der Waals surface area contributed by atoms with Crippen molar-refractivity contribution >= 4 is 0 Å². The molecule has 0 spiro atoms. The van der Waals surface area contributed by atoms with E-state index in [0.717, 1.165) is 31.4 Å². The summed E-state index contributed by atoms with van der Waals surface area (Å²) in [5.41, 5.74) is 8.38. The zero-order chi connectivity index (χ0) is 10.2. The van der Waals surface area contributed by atoms with E-state index in [-0.39, 0.29) is 5.41 Å². The number of phenols is 1. The van der Waals surface area contributed by atoms with Gasteiger partial charge in [-0.1, -0.05) is 19.1 Å². The van der Waals surface area contributed by atoms with Crippen molar-refractivity contribution in [1.29, 1.82) is 0 Å². The summed E-state index contributed by atoms with van der Waals surface area (Å²) in [4.78, 5) is 0. The molecule has 0 saturated carbocycles. The predicted molar refractivity (Wildman–Crippen MR) is 57.3 cm³/mol. The Bertz CT molecular complexity index is 348. The molecule has 0 radical (unpaired) electrons. The Labute approximate surface area is 84.7 Å². The Morgan fingerprint density at radius 2 is 2.29 bits per heavy atom. The van der Waals surface area contributed by atoms with Crippen LogP contribution in [0.4, 0.5) is 0 Å². The number of hydrogen-bond donors (Lipinski definition) is 2. The number of rotatable bonds is 1. The average Bonchev–Trinajstić information content (AvgIpc) is 2.18. The maximum Gasteiger partial charge on any atom is 0.119 e. The molecule has 2 rings (SSSR count). The van der Waals surface area contributed by atoms with E-state index < -0.39 is 0 Å². The molecule has 3 N–H and O–H groups in total. The summed E-state index contributed by atoms with van der Waals surface area (Å²) in [5.74, 6) is 0.446. The lowest BCUT2D eigenvalue weighted by atomic mass is 9.73. The van der Waals surface area contributed by atoms with E-state index in [0.29, 0.717) is 5.75 Å². The second-order valence-electron chi connectivity index (χ2n) is 4.61. The number of benzene rings is 1. The Morgan fingerprint density at radius 1 is 1.50 bits per heavy atom. The molecule has 0 bridgehead atoms. The second-order valence-corrected chi connectivity index (χ2v) is 4.61. The minimum absolute atomic E-state index is 0.223. The van der Waals surface area contributed by atoms with Crippen LogP contribution in [0, 0.1) is 5.41 Å². The van der Waals surface area contributed by atoms with Gasteiger partial charge in [-0.15, -0.1) is 0 Å². The first-order valence-electron chi connectivity index (χ1n) is 5.14. The molecule has 0 saturated heterocycles. The summed E-state index contributed by atoms with van der Waals surface area (Å²) < 4.78 is 0. The van der Waals surface area contributed by atoms with E-state index in [9.17, 15) is 5.11 Å². The van der Waals surface area contributed by atoms with Crippen molar-refractivity contribution in [1.82, 2.24) is 0 Å². The molecule has 76 valence electrons. The predicted octanol–water partition coefficient (Wildman–Crippen LogP) is 1.85. The van der Waals surface area contributed by atoms with Gasteiger partial charge >= 0.3 is 0 Å². The second kappa shape index (κ2) is 3.28. The Balaban J connectivity index is 2.36.